The summed E-state index contributed by atoms with van der Waals surface area (Å²) in [6.07, 6.45) is 11.7. The molecule has 0 radical (unpaired) electrons. The number of amides is 1. The fraction of sp³-hybridized carbons (Fsp3) is 0.794. The van der Waals surface area contributed by atoms with Crippen LogP contribution in [0.5, 0.6) is 0 Å². The van der Waals surface area contributed by atoms with E-state index in [1.54, 1.807) is 0 Å². The molecule has 1 saturated heterocycles. The average molecular weight is 533 g/mol. The minimum absolute atomic E-state index is 0.0104. The summed E-state index contributed by atoms with van der Waals surface area (Å²) in [5.74, 6) is 0.986. The molecule has 6 aliphatic rings. The van der Waals surface area contributed by atoms with Gasteiger partial charge in [0.2, 0.25) is 5.91 Å². The molecule has 5 heteroatoms. The van der Waals surface area contributed by atoms with Gasteiger partial charge in [-0.1, -0.05) is 66.2 Å². The molecule has 0 spiro atoms. The standard InChI is InChI=1S/C34H48N2O3/c1-9-36-28(38)34-14-12-29(2,3)18-21(34)25-26-22(39-26)16-24-31(6)17-20(19-35)27(37)30(4,5)23(31)10-11-32(24,7)33(25,8)13-15-34/h16-17,21-23,25-26H,9-15,18H2,1-8H3,(H,36,38)/t21?,22?,23-,25?,26?,31-,32+,33+,34-/m0/s1. The first kappa shape index (κ1) is 27.3. The van der Waals surface area contributed by atoms with Crippen molar-refractivity contribution in [1.82, 2.24) is 5.32 Å². The Morgan fingerprint density at radius 2 is 1.77 bits per heavy atom. The van der Waals surface area contributed by atoms with Crippen LogP contribution in [0.25, 0.3) is 0 Å². The molecule has 4 unspecified atom stereocenters. The Bertz CT molecular complexity index is 1240. The number of rotatable bonds is 2. The number of nitrogens with one attached hydrogen (secondary N) is 1. The van der Waals surface area contributed by atoms with Crippen LogP contribution in [0, 0.1) is 61.6 Å². The Kier molecular flexibility index (Phi) is 5.65. The van der Waals surface area contributed by atoms with Crippen LogP contribution in [0.1, 0.15) is 100 Å². The van der Waals surface area contributed by atoms with Crippen molar-refractivity contribution in [2.24, 2.45) is 50.2 Å². The van der Waals surface area contributed by atoms with Gasteiger partial charge in [-0.25, -0.2) is 0 Å². The minimum Gasteiger partial charge on any atom is -0.365 e. The molecule has 1 amide bonds. The van der Waals surface area contributed by atoms with Crippen molar-refractivity contribution in [2.45, 2.75) is 113 Å². The zero-order chi connectivity index (χ0) is 28.4. The SMILES string of the molecule is CCNC(=O)[C@]12CCC(C)(C)CC1C1C3OC3C=C3[C@@]4(C)C=C(C#N)C(=O)C(C)(C)[C@@H]4CC[C@@]3(C)[C@]1(C)CC2. The maximum Gasteiger partial charge on any atom is 0.226 e. The predicted octanol–water partition coefficient (Wildman–Crippen LogP) is 6.54. The van der Waals surface area contributed by atoms with Gasteiger partial charge in [0.15, 0.2) is 5.78 Å². The van der Waals surface area contributed by atoms with E-state index in [1.807, 2.05) is 13.0 Å². The highest BCUT2D eigenvalue weighted by atomic mass is 16.6. The molecule has 5 nitrogen and oxygen atoms in total. The fourth-order valence-corrected chi connectivity index (χ4v) is 11.1. The lowest BCUT2D eigenvalue weighted by Crippen LogP contribution is -2.64. The molecule has 1 N–H and O–H groups in total. The van der Waals surface area contributed by atoms with E-state index in [2.05, 4.69) is 65.9 Å². The molecule has 6 rings (SSSR count). The number of hydrogen-bond donors (Lipinski definition) is 1. The van der Waals surface area contributed by atoms with Crippen LogP contribution in [0.4, 0.5) is 0 Å². The molecule has 0 aromatic heterocycles. The van der Waals surface area contributed by atoms with Crippen LogP contribution in [0.3, 0.4) is 0 Å². The van der Waals surface area contributed by atoms with E-state index in [4.69, 9.17) is 4.74 Å². The number of carbonyl (C=O) groups excluding carboxylic acids is 2. The van der Waals surface area contributed by atoms with Crippen molar-refractivity contribution in [2.75, 3.05) is 6.54 Å². The van der Waals surface area contributed by atoms with E-state index in [0.717, 1.165) is 44.9 Å². The first-order valence-electron chi connectivity index (χ1n) is 15.5. The topological polar surface area (TPSA) is 82.5 Å². The molecule has 0 aromatic rings. The zero-order valence-corrected chi connectivity index (χ0v) is 25.4. The van der Waals surface area contributed by atoms with Gasteiger partial charge in [-0.3, -0.25) is 9.59 Å². The number of nitrogens with zero attached hydrogens (tertiary/aromatic N) is 1. The van der Waals surface area contributed by atoms with Gasteiger partial charge in [-0.05, 0) is 85.9 Å². The summed E-state index contributed by atoms with van der Waals surface area (Å²) in [4.78, 5) is 27.2. The van der Waals surface area contributed by atoms with Crippen LogP contribution >= 0.6 is 0 Å². The van der Waals surface area contributed by atoms with Crippen LogP contribution in [0.15, 0.2) is 23.3 Å². The Balaban J connectivity index is 1.51. The number of fused-ring (bicyclic) bond motifs is 9. The highest BCUT2D eigenvalue weighted by Gasteiger charge is 2.73. The van der Waals surface area contributed by atoms with E-state index < -0.39 is 5.41 Å². The van der Waals surface area contributed by atoms with Gasteiger partial charge in [-0.15, -0.1) is 0 Å². The molecule has 9 atom stereocenters. The summed E-state index contributed by atoms with van der Waals surface area (Å²) in [6.45, 7) is 18.9. The van der Waals surface area contributed by atoms with E-state index in [9.17, 15) is 14.9 Å². The van der Waals surface area contributed by atoms with Gasteiger partial charge < -0.3 is 10.1 Å². The second-order valence-corrected chi connectivity index (χ2v) is 16.0. The quantitative estimate of drug-likeness (QED) is 0.323. The second-order valence-electron chi connectivity index (χ2n) is 16.0. The van der Waals surface area contributed by atoms with Gasteiger partial charge in [0.25, 0.3) is 0 Å². The molecule has 0 bridgehead atoms. The minimum atomic E-state index is -0.583. The monoisotopic (exact) mass is 532 g/mol. The smallest absolute Gasteiger partial charge is 0.226 e. The summed E-state index contributed by atoms with van der Waals surface area (Å²) < 4.78 is 6.58. The van der Waals surface area contributed by atoms with Crippen molar-refractivity contribution in [3.63, 3.8) is 0 Å². The summed E-state index contributed by atoms with van der Waals surface area (Å²) in [7, 11) is 0. The highest BCUT2D eigenvalue weighted by molar-refractivity contribution is 6.04. The number of allylic oxidation sites excluding steroid dienone is 3. The van der Waals surface area contributed by atoms with E-state index in [-0.39, 0.29) is 62.8 Å². The summed E-state index contributed by atoms with van der Waals surface area (Å²) in [5, 5.41) is 13.2. The summed E-state index contributed by atoms with van der Waals surface area (Å²) >= 11 is 0. The number of hydrogen-bond acceptors (Lipinski definition) is 4. The molecular formula is C34H48N2O3. The van der Waals surface area contributed by atoms with E-state index >= 15 is 0 Å². The van der Waals surface area contributed by atoms with Gasteiger partial charge >= 0.3 is 0 Å². The van der Waals surface area contributed by atoms with Gasteiger partial charge in [0, 0.05) is 17.4 Å². The third kappa shape index (κ3) is 3.33. The number of ether oxygens (including phenoxy) is 1. The fourth-order valence-electron chi connectivity index (χ4n) is 11.1. The van der Waals surface area contributed by atoms with Crippen LogP contribution in [-0.4, -0.2) is 30.4 Å². The molecule has 39 heavy (non-hydrogen) atoms. The number of epoxide rings is 1. The summed E-state index contributed by atoms with van der Waals surface area (Å²) in [5.41, 5.74) is 0.500. The molecule has 4 fully saturated rings. The number of nitriles is 1. The largest absolute Gasteiger partial charge is 0.365 e. The molecule has 0 aromatic carbocycles. The number of carbonyl (C=O) groups is 2. The van der Waals surface area contributed by atoms with Crippen molar-refractivity contribution in [3.8, 4) is 6.07 Å². The lowest BCUT2D eigenvalue weighted by molar-refractivity contribution is -0.174. The van der Waals surface area contributed by atoms with Crippen molar-refractivity contribution < 1.29 is 14.3 Å². The predicted molar refractivity (Wildman–Crippen MR) is 151 cm³/mol. The Morgan fingerprint density at radius 3 is 2.44 bits per heavy atom. The molecule has 1 aliphatic heterocycles. The maximum absolute atomic E-state index is 13.9. The molecule has 212 valence electrons. The Morgan fingerprint density at radius 1 is 1.08 bits per heavy atom. The number of Topliss-reactive ketones (excluding diaryl/α,β-unsaturated/α-hetero) is 1. The normalized spacial score (nSPS) is 48.8. The summed E-state index contributed by atoms with van der Waals surface area (Å²) in [6, 6.07) is 2.26. The molecule has 3 saturated carbocycles. The van der Waals surface area contributed by atoms with Gasteiger partial charge in [-0.2, -0.15) is 5.26 Å². The van der Waals surface area contributed by atoms with Crippen LogP contribution in [-0.2, 0) is 14.3 Å². The van der Waals surface area contributed by atoms with Gasteiger partial charge in [0.05, 0.1) is 17.1 Å². The zero-order valence-electron chi connectivity index (χ0n) is 25.4. The third-order valence-corrected chi connectivity index (χ3v) is 13.4. The first-order chi connectivity index (χ1) is 18.1. The second kappa shape index (κ2) is 8.09. The Labute approximate surface area is 235 Å². The molecule has 1 heterocycles. The first-order valence-corrected chi connectivity index (χ1v) is 15.5. The van der Waals surface area contributed by atoms with Gasteiger partial charge in [0.1, 0.15) is 12.2 Å². The Hall–Kier alpha value is -1.93. The van der Waals surface area contributed by atoms with Crippen molar-refractivity contribution >= 4 is 11.7 Å². The van der Waals surface area contributed by atoms with Crippen LogP contribution in [0.2, 0.25) is 0 Å². The van der Waals surface area contributed by atoms with E-state index in [1.165, 1.54) is 5.57 Å². The third-order valence-electron chi connectivity index (χ3n) is 13.4. The lowest BCUT2D eigenvalue weighted by Gasteiger charge is -2.67. The maximum atomic E-state index is 13.9. The molecule has 5 aliphatic carbocycles. The van der Waals surface area contributed by atoms with Crippen LogP contribution < -0.4 is 5.32 Å². The average Bonchev–Trinajstić information content (AvgIpc) is 3.62. The number of ketones is 1. The van der Waals surface area contributed by atoms with Crippen molar-refractivity contribution in [1.29, 1.82) is 5.26 Å². The van der Waals surface area contributed by atoms with E-state index in [0.29, 0.717) is 18.0 Å². The highest BCUT2D eigenvalue weighted by Crippen LogP contribution is 2.75. The van der Waals surface area contributed by atoms with Crippen molar-refractivity contribution in [3.05, 3.63) is 23.3 Å². The molecular weight excluding hydrogens is 484 g/mol. The lowest BCUT2D eigenvalue weighted by atomic mass is 9.36.